The molecule has 0 saturated heterocycles. The fraction of sp³-hybridized carbons (Fsp3) is 0.222. The Balaban J connectivity index is 0.00000225. The molecule has 0 atom stereocenters. The van der Waals surface area contributed by atoms with Crippen molar-refractivity contribution in [3.05, 3.63) is 30.1 Å². The number of thioether (sulfide) groups is 1. The first-order chi connectivity index (χ1) is 7.13. The van der Waals surface area contributed by atoms with E-state index in [1.165, 1.54) is 11.8 Å². The third-order valence-electron chi connectivity index (χ3n) is 1.73. The topological polar surface area (TPSA) is 54.3 Å². The van der Waals surface area contributed by atoms with E-state index in [1.807, 2.05) is 42.4 Å². The molecule has 0 amide bonds. The van der Waals surface area contributed by atoms with E-state index in [9.17, 15) is 0 Å². The number of nitrogens with two attached hydrogens (primary N) is 1. The molecule has 0 aromatic carbocycles. The first kappa shape index (κ1) is 15.6. The van der Waals surface area contributed by atoms with Gasteiger partial charge in [-0.2, -0.15) is 5.10 Å². The van der Waals surface area contributed by atoms with Gasteiger partial charge in [0.05, 0.1) is 0 Å². The second-order valence-corrected chi connectivity index (χ2v) is 4.34. The van der Waals surface area contributed by atoms with Crippen LogP contribution in [0.3, 0.4) is 0 Å². The maximum absolute atomic E-state index is 5.76. The monoisotopic (exact) mass is 368 g/mol. The number of hydrogen-bond acceptors (Lipinski definition) is 3. The Morgan fingerprint density at radius 3 is 2.56 bits per heavy atom. The van der Waals surface area contributed by atoms with Crippen molar-refractivity contribution in [2.24, 2.45) is 17.9 Å². The quantitative estimate of drug-likeness (QED) is 0.150. The lowest BCUT2D eigenvalue weighted by atomic mass is 10.2. The predicted molar refractivity (Wildman–Crippen MR) is 67.6 cm³/mol. The van der Waals surface area contributed by atoms with Crippen LogP contribution in [0.15, 0.2) is 29.6 Å². The van der Waals surface area contributed by atoms with Crippen LogP contribution in [0.25, 0.3) is 0 Å². The Bertz CT molecular complexity index is 378. The lowest BCUT2D eigenvalue weighted by Crippen LogP contribution is -3.00. The molecule has 88 valence electrons. The number of aromatic nitrogens is 1. The Labute approximate surface area is 122 Å². The lowest BCUT2D eigenvalue weighted by Gasteiger charge is -2.01. The maximum atomic E-state index is 5.76. The van der Waals surface area contributed by atoms with Crippen molar-refractivity contribution in [2.45, 2.75) is 0 Å². The van der Waals surface area contributed by atoms with Crippen molar-refractivity contribution >= 4 is 34.1 Å². The van der Waals surface area contributed by atoms with E-state index in [4.69, 9.17) is 18.0 Å². The molecule has 0 bridgehead atoms. The highest BCUT2D eigenvalue weighted by Gasteiger charge is 2.00. The van der Waals surface area contributed by atoms with Gasteiger partial charge in [-0.25, -0.2) is 4.57 Å². The van der Waals surface area contributed by atoms with Gasteiger partial charge in [0.15, 0.2) is 22.5 Å². The number of hydrazone groups is 1. The molecule has 4 nitrogen and oxygen atoms in total. The predicted octanol–water partition coefficient (Wildman–Crippen LogP) is -2.63. The number of nitrogens with one attached hydrogen (secondary N) is 1. The van der Waals surface area contributed by atoms with Gasteiger partial charge in [-0.3, -0.25) is 5.43 Å². The first-order valence-electron chi connectivity index (χ1n) is 4.26. The number of nitrogens with zero attached hydrogens (tertiary/aromatic N) is 2. The molecule has 1 aromatic rings. The standard InChI is InChI=1S/C9H12N4S2.HI/c1-13-5-3-7(4-6-13)8(10)11-12-9(14)15-2;/h3-6H,10H2,1-2H3;1H. The molecule has 0 radical (unpaired) electrons. The van der Waals surface area contributed by atoms with Crippen molar-refractivity contribution in [3.63, 3.8) is 0 Å². The van der Waals surface area contributed by atoms with Crippen molar-refractivity contribution in [1.82, 2.24) is 5.43 Å². The zero-order valence-corrected chi connectivity index (χ0v) is 12.8. The molecular formula is C9H13IN4S2. The smallest absolute Gasteiger partial charge is 0.169 e. The number of thiocarbonyl (C=S) groups is 1. The maximum Gasteiger partial charge on any atom is 0.169 e. The van der Waals surface area contributed by atoms with Crippen LogP contribution in [-0.2, 0) is 7.05 Å². The molecule has 0 aliphatic heterocycles. The van der Waals surface area contributed by atoms with Gasteiger partial charge in [0.2, 0.25) is 0 Å². The second-order valence-electron chi connectivity index (χ2n) is 2.85. The Morgan fingerprint density at radius 2 is 2.06 bits per heavy atom. The summed E-state index contributed by atoms with van der Waals surface area (Å²) in [5, 5.41) is 3.97. The van der Waals surface area contributed by atoms with Gasteiger partial charge in [0.1, 0.15) is 7.05 Å². The highest BCUT2D eigenvalue weighted by Crippen LogP contribution is 1.96. The van der Waals surface area contributed by atoms with Gasteiger partial charge < -0.3 is 29.7 Å². The van der Waals surface area contributed by atoms with E-state index < -0.39 is 0 Å². The SMILES string of the molecule is CSC(=S)N/N=C(\N)c1cc[n+](C)cc1.[I-]. The number of amidine groups is 1. The molecule has 0 aliphatic carbocycles. The Hall–Kier alpha value is -0.410. The summed E-state index contributed by atoms with van der Waals surface area (Å²) in [7, 11) is 1.94. The minimum absolute atomic E-state index is 0. The molecule has 0 aliphatic rings. The average Bonchev–Trinajstić information content (AvgIpc) is 2.26. The molecular weight excluding hydrogens is 355 g/mol. The van der Waals surface area contributed by atoms with Crippen LogP contribution in [0.1, 0.15) is 5.56 Å². The fourth-order valence-corrected chi connectivity index (χ4v) is 1.07. The van der Waals surface area contributed by atoms with Crippen LogP contribution >= 0.6 is 24.0 Å². The van der Waals surface area contributed by atoms with Crippen molar-refractivity contribution in [3.8, 4) is 0 Å². The van der Waals surface area contributed by atoms with Gasteiger partial charge in [-0.1, -0.05) is 24.0 Å². The van der Waals surface area contributed by atoms with Gasteiger partial charge in [-0.15, -0.1) is 0 Å². The summed E-state index contributed by atoms with van der Waals surface area (Å²) in [5.41, 5.74) is 9.32. The lowest BCUT2D eigenvalue weighted by molar-refractivity contribution is -0.671. The summed E-state index contributed by atoms with van der Waals surface area (Å²) in [4.78, 5) is 0. The molecule has 0 unspecified atom stereocenters. The summed E-state index contributed by atoms with van der Waals surface area (Å²) in [6.45, 7) is 0. The molecule has 0 fully saturated rings. The highest BCUT2D eigenvalue weighted by molar-refractivity contribution is 8.22. The van der Waals surface area contributed by atoms with Crippen LogP contribution in [0.2, 0.25) is 0 Å². The van der Waals surface area contributed by atoms with Crippen LogP contribution in [-0.4, -0.2) is 16.4 Å². The zero-order chi connectivity index (χ0) is 11.3. The van der Waals surface area contributed by atoms with Gasteiger partial charge in [0, 0.05) is 17.7 Å². The van der Waals surface area contributed by atoms with Crippen molar-refractivity contribution in [1.29, 1.82) is 0 Å². The minimum atomic E-state index is 0. The molecule has 1 aromatic heterocycles. The highest BCUT2D eigenvalue weighted by atomic mass is 127. The molecule has 0 spiro atoms. The van der Waals surface area contributed by atoms with Crippen molar-refractivity contribution in [2.75, 3.05) is 6.26 Å². The summed E-state index contributed by atoms with van der Waals surface area (Å²) >= 11 is 6.35. The zero-order valence-electron chi connectivity index (χ0n) is 8.98. The molecule has 7 heteroatoms. The Kier molecular flexibility index (Phi) is 7.60. The third kappa shape index (κ3) is 5.08. The molecule has 0 saturated carbocycles. The number of halogens is 1. The van der Waals surface area contributed by atoms with E-state index in [1.54, 1.807) is 0 Å². The van der Waals surface area contributed by atoms with E-state index in [0.717, 1.165) is 5.56 Å². The van der Waals surface area contributed by atoms with E-state index in [0.29, 0.717) is 10.2 Å². The fourth-order valence-electron chi connectivity index (χ4n) is 0.888. The molecule has 1 heterocycles. The minimum Gasteiger partial charge on any atom is -1.00 e. The first-order valence-corrected chi connectivity index (χ1v) is 5.89. The van der Waals surface area contributed by atoms with Crippen LogP contribution in [0.4, 0.5) is 0 Å². The molecule has 16 heavy (non-hydrogen) atoms. The van der Waals surface area contributed by atoms with E-state index in [-0.39, 0.29) is 24.0 Å². The van der Waals surface area contributed by atoms with Crippen molar-refractivity contribution < 1.29 is 28.5 Å². The summed E-state index contributed by atoms with van der Waals surface area (Å²) < 4.78 is 2.52. The van der Waals surface area contributed by atoms with Crippen LogP contribution in [0.5, 0.6) is 0 Å². The van der Waals surface area contributed by atoms with Crippen LogP contribution in [0, 0.1) is 0 Å². The van der Waals surface area contributed by atoms with Crippen LogP contribution < -0.4 is 39.7 Å². The number of aryl methyl sites for hydroxylation is 1. The summed E-state index contributed by atoms with van der Waals surface area (Å²) in [6.07, 6.45) is 5.69. The van der Waals surface area contributed by atoms with E-state index in [2.05, 4.69) is 10.5 Å². The normalized spacial score (nSPS) is 10.5. The average molecular weight is 368 g/mol. The van der Waals surface area contributed by atoms with E-state index >= 15 is 0 Å². The molecule has 3 N–H and O–H groups in total. The summed E-state index contributed by atoms with van der Waals surface area (Å²) in [5.74, 6) is 0.423. The Morgan fingerprint density at radius 1 is 1.50 bits per heavy atom. The van der Waals surface area contributed by atoms with Gasteiger partial charge in [-0.05, 0) is 6.26 Å². The second kappa shape index (κ2) is 7.80. The summed E-state index contributed by atoms with van der Waals surface area (Å²) in [6, 6.07) is 3.78. The third-order valence-corrected chi connectivity index (χ3v) is 2.78. The van der Waals surface area contributed by atoms with Gasteiger partial charge in [0.25, 0.3) is 0 Å². The number of hydrogen-bond donors (Lipinski definition) is 2. The van der Waals surface area contributed by atoms with Gasteiger partial charge >= 0.3 is 0 Å². The number of pyridine rings is 1. The number of rotatable bonds is 2. The molecule has 1 rings (SSSR count). The largest absolute Gasteiger partial charge is 1.00 e.